The summed E-state index contributed by atoms with van der Waals surface area (Å²) in [5.41, 5.74) is -2.52. The molecule has 34 heavy (non-hydrogen) atoms. The van der Waals surface area contributed by atoms with Gasteiger partial charge in [0.15, 0.2) is 11.2 Å². The van der Waals surface area contributed by atoms with E-state index in [0.29, 0.717) is 17.7 Å². The van der Waals surface area contributed by atoms with Crippen molar-refractivity contribution in [1.29, 1.82) is 5.26 Å². The number of halogens is 6. The van der Waals surface area contributed by atoms with Crippen LogP contribution in [0.3, 0.4) is 0 Å². The van der Waals surface area contributed by atoms with E-state index in [9.17, 15) is 26.3 Å². The fourth-order valence-corrected chi connectivity index (χ4v) is 3.04. The van der Waals surface area contributed by atoms with Crippen LogP contribution in [0.1, 0.15) is 22.3 Å². The molecule has 5 nitrogen and oxygen atoms in total. The summed E-state index contributed by atoms with van der Waals surface area (Å²) in [5.74, 6) is 4.88. The van der Waals surface area contributed by atoms with Crippen LogP contribution in [0.15, 0.2) is 48.5 Å². The van der Waals surface area contributed by atoms with Crippen molar-refractivity contribution < 1.29 is 36.0 Å². The quantitative estimate of drug-likeness (QED) is 0.284. The first kappa shape index (κ1) is 27.6. The van der Waals surface area contributed by atoms with Crippen molar-refractivity contribution in [2.75, 3.05) is 33.2 Å². The number of nitrogens with two attached hydrogens (primary N) is 1. The molecule has 0 amide bonds. The zero-order chi connectivity index (χ0) is 25.2. The van der Waals surface area contributed by atoms with Gasteiger partial charge in [-0.25, -0.2) is 32.2 Å². The first-order valence-corrected chi connectivity index (χ1v) is 10.2. The summed E-state index contributed by atoms with van der Waals surface area (Å²) in [4.78, 5) is 9.62. The standard InChI is InChI=1S/C13H13F3N2O.C10H12F3NO/c14-5-10-2-1-3-11(4-10)13(8-15,9-16)19-18-7-12(18)6-17;11-5-8-2-1-3-9(4-8)10(6-12,7-13)15-14/h1-4,12H,5,7-9H2;1-4H,5-7,14H2. The van der Waals surface area contributed by atoms with Gasteiger partial charge in [-0.15, -0.1) is 0 Å². The predicted octanol–water partition coefficient (Wildman–Crippen LogP) is 4.61. The van der Waals surface area contributed by atoms with Gasteiger partial charge in [-0.3, -0.25) is 9.68 Å². The van der Waals surface area contributed by atoms with Crippen LogP contribution in [0.5, 0.6) is 0 Å². The SMILES string of the molecule is N#CC1CN1OC(CF)(CF)c1cccc(CF)c1.NOC(CF)(CF)c1cccc(CF)c1. The van der Waals surface area contributed by atoms with E-state index >= 15 is 0 Å². The lowest BCUT2D eigenvalue weighted by atomic mass is 9.95. The summed E-state index contributed by atoms with van der Waals surface area (Å²) in [6.07, 6.45) is 0. The minimum absolute atomic E-state index is 0.199. The van der Waals surface area contributed by atoms with E-state index in [1.807, 2.05) is 6.07 Å². The molecule has 11 heteroatoms. The monoisotopic (exact) mass is 489 g/mol. The predicted molar refractivity (Wildman–Crippen MR) is 112 cm³/mol. The van der Waals surface area contributed by atoms with Crippen molar-refractivity contribution in [1.82, 2.24) is 5.06 Å². The Bertz CT molecular complexity index is 942. The maximum atomic E-state index is 13.3. The van der Waals surface area contributed by atoms with Gasteiger partial charge in [0.2, 0.25) is 0 Å². The Hall–Kier alpha value is -2.65. The Morgan fingerprint density at radius 3 is 1.68 bits per heavy atom. The summed E-state index contributed by atoms with van der Waals surface area (Å²) >= 11 is 0. The molecule has 2 unspecified atom stereocenters. The van der Waals surface area contributed by atoms with Crippen molar-refractivity contribution in [2.24, 2.45) is 5.90 Å². The van der Waals surface area contributed by atoms with Crippen LogP contribution >= 0.6 is 0 Å². The summed E-state index contributed by atoms with van der Waals surface area (Å²) in [7, 11) is 0. The Balaban J connectivity index is 0.000000248. The number of nitriles is 1. The van der Waals surface area contributed by atoms with Gasteiger partial charge in [-0.2, -0.15) is 10.3 Å². The molecule has 2 aromatic rings. The van der Waals surface area contributed by atoms with E-state index in [2.05, 4.69) is 4.84 Å². The first-order valence-electron chi connectivity index (χ1n) is 10.2. The molecule has 0 spiro atoms. The van der Waals surface area contributed by atoms with Crippen LogP contribution in [0.2, 0.25) is 0 Å². The van der Waals surface area contributed by atoms with Crippen LogP contribution in [0, 0.1) is 11.3 Å². The van der Waals surface area contributed by atoms with E-state index in [4.69, 9.17) is 16.0 Å². The molecule has 2 atom stereocenters. The van der Waals surface area contributed by atoms with Crippen LogP contribution in [0.25, 0.3) is 0 Å². The van der Waals surface area contributed by atoms with Crippen molar-refractivity contribution >= 4 is 0 Å². The summed E-state index contributed by atoms with van der Waals surface area (Å²) in [6.45, 7) is -5.48. The molecule has 0 aliphatic carbocycles. The van der Waals surface area contributed by atoms with Crippen LogP contribution in [0.4, 0.5) is 26.3 Å². The molecule has 2 N–H and O–H groups in total. The lowest BCUT2D eigenvalue weighted by molar-refractivity contribution is -0.207. The average molecular weight is 489 g/mol. The molecule has 0 aromatic heterocycles. The highest BCUT2D eigenvalue weighted by Crippen LogP contribution is 2.33. The highest BCUT2D eigenvalue weighted by molar-refractivity contribution is 5.29. The Kier molecular flexibility index (Phi) is 10.3. The molecule has 1 heterocycles. The number of hydrogen-bond donors (Lipinski definition) is 1. The minimum Gasteiger partial charge on any atom is -0.288 e. The number of hydrogen-bond acceptors (Lipinski definition) is 5. The van der Waals surface area contributed by atoms with Crippen LogP contribution < -0.4 is 5.90 Å². The molecule has 186 valence electrons. The Morgan fingerprint density at radius 2 is 1.32 bits per heavy atom. The third kappa shape index (κ3) is 6.27. The van der Waals surface area contributed by atoms with Crippen molar-refractivity contribution in [2.45, 2.75) is 30.6 Å². The molecular weight excluding hydrogens is 464 g/mol. The second kappa shape index (κ2) is 12.7. The van der Waals surface area contributed by atoms with Crippen molar-refractivity contribution in [3.05, 3.63) is 70.8 Å². The Morgan fingerprint density at radius 1 is 0.853 bits per heavy atom. The van der Waals surface area contributed by atoms with Gasteiger partial charge < -0.3 is 0 Å². The van der Waals surface area contributed by atoms with Crippen LogP contribution in [-0.2, 0) is 34.2 Å². The van der Waals surface area contributed by atoms with Crippen LogP contribution in [-0.4, -0.2) is 44.3 Å². The van der Waals surface area contributed by atoms with Gasteiger partial charge in [0.1, 0.15) is 46.1 Å². The van der Waals surface area contributed by atoms with Gasteiger partial charge in [0.05, 0.1) is 12.6 Å². The maximum Gasteiger partial charge on any atom is 0.171 e. The van der Waals surface area contributed by atoms with Gasteiger partial charge in [0, 0.05) is 0 Å². The molecule has 1 fully saturated rings. The fourth-order valence-electron chi connectivity index (χ4n) is 3.04. The second-order valence-corrected chi connectivity index (χ2v) is 7.64. The third-order valence-corrected chi connectivity index (χ3v) is 5.31. The first-order chi connectivity index (χ1) is 16.4. The number of rotatable bonds is 11. The Labute approximate surface area is 193 Å². The molecule has 3 rings (SSSR count). The van der Waals surface area contributed by atoms with E-state index in [-0.39, 0.29) is 11.1 Å². The maximum absolute atomic E-state index is 13.3. The van der Waals surface area contributed by atoms with Crippen molar-refractivity contribution in [3.63, 3.8) is 0 Å². The van der Waals surface area contributed by atoms with Gasteiger partial charge in [-0.05, 0) is 22.3 Å². The van der Waals surface area contributed by atoms with Gasteiger partial charge in [-0.1, -0.05) is 48.5 Å². The van der Waals surface area contributed by atoms with E-state index in [1.54, 1.807) is 0 Å². The number of benzene rings is 2. The van der Waals surface area contributed by atoms with Gasteiger partial charge >= 0.3 is 0 Å². The second-order valence-electron chi connectivity index (χ2n) is 7.64. The highest BCUT2D eigenvalue weighted by atomic mass is 19.2. The van der Waals surface area contributed by atoms with E-state index in [1.165, 1.54) is 53.6 Å². The fraction of sp³-hybridized carbons (Fsp3) is 0.435. The highest BCUT2D eigenvalue weighted by Gasteiger charge is 2.45. The lowest BCUT2D eigenvalue weighted by Crippen LogP contribution is -2.37. The zero-order valence-corrected chi connectivity index (χ0v) is 18.2. The number of nitrogens with zero attached hydrogens (tertiary/aromatic N) is 2. The zero-order valence-electron chi connectivity index (χ0n) is 18.2. The largest absolute Gasteiger partial charge is 0.288 e. The molecule has 1 aliphatic heterocycles. The number of alkyl halides is 6. The topological polar surface area (TPSA) is 71.3 Å². The van der Waals surface area contributed by atoms with E-state index in [0.717, 1.165) is 0 Å². The number of hydroxylamine groups is 2. The summed E-state index contributed by atoms with van der Waals surface area (Å²) in [6, 6.07) is 13.2. The third-order valence-electron chi connectivity index (χ3n) is 5.31. The summed E-state index contributed by atoms with van der Waals surface area (Å²) in [5, 5.41) is 9.89. The molecule has 1 saturated heterocycles. The minimum atomic E-state index is -1.81. The normalized spacial score (nSPS) is 17.5. The molecule has 1 aliphatic rings. The summed E-state index contributed by atoms with van der Waals surface area (Å²) < 4.78 is 76.9. The average Bonchev–Trinajstić information content (AvgIpc) is 3.67. The molecule has 0 radical (unpaired) electrons. The molecule has 0 bridgehead atoms. The van der Waals surface area contributed by atoms with E-state index < -0.39 is 57.3 Å². The van der Waals surface area contributed by atoms with Gasteiger partial charge in [0.25, 0.3) is 0 Å². The molecule has 2 aromatic carbocycles. The smallest absolute Gasteiger partial charge is 0.171 e. The molecular formula is C23H25F6N3O2. The lowest BCUT2D eigenvalue weighted by Gasteiger charge is -2.28. The molecule has 0 saturated carbocycles. The van der Waals surface area contributed by atoms with Crippen molar-refractivity contribution in [3.8, 4) is 6.07 Å².